The van der Waals surface area contributed by atoms with Crippen LogP contribution in [0.3, 0.4) is 0 Å². The molecule has 1 N–H and O–H groups in total. The molecule has 0 bridgehead atoms. The van der Waals surface area contributed by atoms with Gasteiger partial charge in [0.25, 0.3) is 5.91 Å². The maximum atomic E-state index is 14.0. The highest BCUT2D eigenvalue weighted by Gasteiger charge is 2.37. The van der Waals surface area contributed by atoms with E-state index in [0.29, 0.717) is 11.6 Å². The Labute approximate surface area is 142 Å². The minimum atomic E-state index is -0.789. The van der Waals surface area contributed by atoms with Gasteiger partial charge in [0.2, 0.25) is 5.91 Å². The SMILES string of the molecule is CNC(=O)C1Cn2c(C)nnc2CN1C(=O)c1cc(Cl)ccc1F. The van der Waals surface area contributed by atoms with E-state index in [2.05, 4.69) is 15.5 Å². The number of carbonyl (C=O) groups is 2. The number of hydrogen-bond acceptors (Lipinski definition) is 4. The molecule has 1 unspecified atom stereocenters. The van der Waals surface area contributed by atoms with Crippen molar-refractivity contribution in [3.63, 3.8) is 0 Å². The largest absolute Gasteiger partial charge is 0.357 e. The first-order valence-corrected chi connectivity index (χ1v) is 7.66. The smallest absolute Gasteiger partial charge is 0.258 e. The number of hydrogen-bond donors (Lipinski definition) is 1. The van der Waals surface area contributed by atoms with Crippen molar-refractivity contribution in [3.8, 4) is 0 Å². The first kappa shape index (κ1) is 16.4. The van der Waals surface area contributed by atoms with Crippen LogP contribution in [0.5, 0.6) is 0 Å². The molecule has 0 spiro atoms. The molecule has 0 saturated heterocycles. The number of amides is 2. The predicted octanol–water partition coefficient (Wildman–Crippen LogP) is 1.15. The summed E-state index contributed by atoms with van der Waals surface area (Å²) in [6.45, 7) is 2.04. The summed E-state index contributed by atoms with van der Waals surface area (Å²) >= 11 is 5.87. The summed E-state index contributed by atoms with van der Waals surface area (Å²) in [6, 6.07) is 2.95. The average molecular weight is 352 g/mol. The Kier molecular flexibility index (Phi) is 4.23. The zero-order valence-electron chi connectivity index (χ0n) is 13.1. The fourth-order valence-electron chi connectivity index (χ4n) is 2.73. The Balaban J connectivity index is 2.01. The fourth-order valence-corrected chi connectivity index (χ4v) is 2.91. The topological polar surface area (TPSA) is 80.1 Å². The van der Waals surface area contributed by atoms with E-state index in [1.54, 1.807) is 11.5 Å². The molecule has 7 nitrogen and oxygen atoms in total. The second-order valence-electron chi connectivity index (χ2n) is 5.46. The molecule has 9 heteroatoms. The molecule has 2 aromatic rings. The Morgan fingerprint density at radius 3 is 2.83 bits per heavy atom. The predicted molar refractivity (Wildman–Crippen MR) is 83.9 cm³/mol. The zero-order valence-corrected chi connectivity index (χ0v) is 13.8. The van der Waals surface area contributed by atoms with Crippen molar-refractivity contribution in [3.05, 3.63) is 46.3 Å². The number of carbonyl (C=O) groups excluding carboxylic acids is 2. The third kappa shape index (κ3) is 2.73. The van der Waals surface area contributed by atoms with Crippen LogP contribution in [0.1, 0.15) is 22.0 Å². The summed E-state index contributed by atoms with van der Waals surface area (Å²) in [4.78, 5) is 26.3. The minimum Gasteiger partial charge on any atom is -0.357 e. The number of benzene rings is 1. The van der Waals surface area contributed by atoms with E-state index in [9.17, 15) is 14.0 Å². The summed E-state index contributed by atoms with van der Waals surface area (Å²) in [7, 11) is 1.49. The van der Waals surface area contributed by atoms with Crippen LogP contribution in [0, 0.1) is 12.7 Å². The van der Waals surface area contributed by atoms with Crippen LogP contribution in [0.4, 0.5) is 4.39 Å². The lowest BCUT2D eigenvalue weighted by atomic mass is 10.1. The first-order chi connectivity index (χ1) is 11.4. The molecule has 1 aromatic carbocycles. The molecule has 2 amide bonds. The van der Waals surface area contributed by atoms with Crippen LogP contribution in [0.25, 0.3) is 0 Å². The van der Waals surface area contributed by atoms with Gasteiger partial charge in [0.15, 0.2) is 5.82 Å². The van der Waals surface area contributed by atoms with E-state index in [1.807, 2.05) is 0 Å². The molecule has 0 saturated carbocycles. The molecular formula is C15H15ClFN5O2. The zero-order chi connectivity index (χ0) is 17.4. The molecule has 0 radical (unpaired) electrons. The van der Waals surface area contributed by atoms with Gasteiger partial charge in [-0.15, -0.1) is 10.2 Å². The van der Waals surface area contributed by atoms with Crippen molar-refractivity contribution in [2.75, 3.05) is 7.05 Å². The highest BCUT2D eigenvalue weighted by molar-refractivity contribution is 6.31. The maximum Gasteiger partial charge on any atom is 0.258 e. The normalized spacial score (nSPS) is 16.7. The van der Waals surface area contributed by atoms with Crippen molar-refractivity contribution in [2.24, 2.45) is 0 Å². The van der Waals surface area contributed by atoms with Crippen molar-refractivity contribution in [1.82, 2.24) is 25.0 Å². The van der Waals surface area contributed by atoms with Crippen LogP contribution in [0.15, 0.2) is 18.2 Å². The summed E-state index contributed by atoms with van der Waals surface area (Å²) in [6.07, 6.45) is 0. The number of likely N-dealkylation sites (N-methyl/N-ethyl adjacent to an activating group) is 1. The quantitative estimate of drug-likeness (QED) is 0.880. The molecule has 2 heterocycles. The Bertz CT molecular complexity index is 822. The molecule has 24 heavy (non-hydrogen) atoms. The minimum absolute atomic E-state index is 0.0592. The van der Waals surface area contributed by atoms with E-state index in [4.69, 9.17) is 11.6 Å². The molecule has 1 atom stereocenters. The number of fused-ring (bicyclic) bond motifs is 1. The highest BCUT2D eigenvalue weighted by atomic mass is 35.5. The van der Waals surface area contributed by atoms with Crippen molar-refractivity contribution >= 4 is 23.4 Å². The van der Waals surface area contributed by atoms with Crippen molar-refractivity contribution in [2.45, 2.75) is 26.1 Å². The Morgan fingerprint density at radius 1 is 1.38 bits per heavy atom. The number of aryl methyl sites for hydroxylation is 1. The van der Waals surface area contributed by atoms with Gasteiger partial charge in [-0.05, 0) is 25.1 Å². The van der Waals surface area contributed by atoms with Crippen LogP contribution < -0.4 is 5.32 Å². The van der Waals surface area contributed by atoms with E-state index in [-0.39, 0.29) is 29.6 Å². The second-order valence-corrected chi connectivity index (χ2v) is 5.90. The lowest BCUT2D eigenvalue weighted by Crippen LogP contribution is -2.53. The van der Waals surface area contributed by atoms with Crippen LogP contribution in [0.2, 0.25) is 5.02 Å². The Hall–Kier alpha value is -2.48. The van der Waals surface area contributed by atoms with E-state index in [0.717, 1.165) is 6.07 Å². The molecule has 0 fully saturated rings. The fraction of sp³-hybridized carbons (Fsp3) is 0.333. The highest BCUT2D eigenvalue weighted by Crippen LogP contribution is 2.23. The number of nitrogens with zero attached hydrogens (tertiary/aromatic N) is 4. The van der Waals surface area contributed by atoms with Gasteiger partial charge < -0.3 is 14.8 Å². The van der Waals surface area contributed by atoms with Crippen LogP contribution >= 0.6 is 11.6 Å². The number of aromatic nitrogens is 3. The molecule has 1 aromatic heterocycles. The van der Waals surface area contributed by atoms with Gasteiger partial charge in [0.1, 0.15) is 17.7 Å². The summed E-state index contributed by atoms with van der Waals surface area (Å²) in [5, 5.41) is 10.7. The summed E-state index contributed by atoms with van der Waals surface area (Å²) < 4.78 is 15.8. The average Bonchev–Trinajstić information content (AvgIpc) is 2.95. The maximum absolute atomic E-state index is 14.0. The molecule has 1 aliphatic heterocycles. The number of nitrogens with one attached hydrogen (secondary N) is 1. The Morgan fingerprint density at radius 2 is 2.12 bits per heavy atom. The van der Waals surface area contributed by atoms with Gasteiger partial charge in [-0.25, -0.2) is 4.39 Å². The van der Waals surface area contributed by atoms with E-state index < -0.39 is 17.8 Å². The number of rotatable bonds is 2. The monoisotopic (exact) mass is 351 g/mol. The van der Waals surface area contributed by atoms with Gasteiger partial charge in [0, 0.05) is 12.1 Å². The standard InChI is InChI=1S/C15H15ClFN5O2/c1-8-19-20-13-7-22(12(6-21(8)13)14(23)18-2)15(24)10-5-9(16)3-4-11(10)17/h3-5,12H,6-7H2,1-2H3,(H,18,23). The molecular weight excluding hydrogens is 337 g/mol. The lowest BCUT2D eigenvalue weighted by molar-refractivity contribution is -0.126. The van der Waals surface area contributed by atoms with Crippen molar-refractivity contribution < 1.29 is 14.0 Å². The lowest BCUT2D eigenvalue weighted by Gasteiger charge is -2.35. The van der Waals surface area contributed by atoms with Gasteiger partial charge in [0.05, 0.1) is 18.7 Å². The van der Waals surface area contributed by atoms with Gasteiger partial charge in [-0.3, -0.25) is 9.59 Å². The second kappa shape index (κ2) is 6.20. The van der Waals surface area contributed by atoms with Crippen LogP contribution in [-0.4, -0.2) is 44.6 Å². The van der Waals surface area contributed by atoms with Gasteiger partial charge in [-0.1, -0.05) is 11.6 Å². The van der Waals surface area contributed by atoms with Crippen LogP contribution in [-0.2, 0) is 17.9 Å². The van der Waals surface area contributed by atoms with Gasteiger partial charge in [-0.2, -0.15) is 0 Å². The summed E-state index contributed by atoms with van der Waals surface area (Å²) in [5.41, 5.74) is -0.180. The van der Waals surface area contributed by atoms with Gasteiger partial charge >= 0.3 is 0 Å². The molecule has 0 aliphatic carbocycles. The third-order valence-electron chi connectivity index (χ3n) is 4.02. The molecule has 126 valence electrons. The van der Waals surface area contributed by atoms with E-state index in [1.165, 1.54) is 24.1 Å². The first-order valence-electron chi connectivity index (χ1n) is 7.28. The molecule has 1 aliphatic rings. The third-order valence-corrected chi connectivity index (χ3v) is 4.26. The van der Waals surface area contributed by atoms with Crippen molar-refractivity contribution in [1.29, 1.82) is 0 Å². The molecule has 3 rings (SSSR count). The number of halogens is 2. The summed E-state index contributed by atoms with van der Waals surface area (Å²) in [5.74, 6) is -0.452. The van der Waals surface area contributed by atoms with E-state index >= 15 is 0 Å².